The number of rotatable bonds is 4. The van der Waals surface area contributed by atoms with E-state index < -0.39 is 6.10 Å². The molecule has 0 saturated heterocycles. The lowest BCUT2D eigenvalue weighted by Gasteiger charge is -2.17. The summed E-state index contributed by atoms with van der Waals surface area (Å²) < 4.78 is 0. The smallest absolute Gasteiger partial charge is 0.0781 e. The van der Waals surface area contributed by atoms with Crippen molar-refractivity contribution in [2.45, 2.75) is 26.0 Å². The Morgan fingerprint density at radius 3 is 2.38 bits per heavy atom. The van der Waals surface area contributed by atoms with Crippen molar-refractivity contribution in [2.75, 3.05) is 6.54 Å². The maximum Gasteiger partial charge on any atom is 0.0781 e. The van der Waals surface area contributed by atoms with E-state index in [0.717, 1.165) is 5.56 Å². The second-order valence-electron chi connectivity index (χ2n) is 3.74. The van der Waals surface area contributed by atoms with E-state index >= 15 is 0 Å². The van der Waals surface area contributed by atoms with Crippen LogP contribution in [0, 0.1) is 0 Å². The zero-order chi connectivity index (χ0) is 12.3. The molecule has 0 heterocycles. The molecule has 1 rings (SSSR count). The summed E-state index contributed by atoms with van der Waals surface area (Å²) in [6.07, 6.45) is -0.399. The molecule has 16 heavy (non-hydrogen) atoms. The monoisotopic (exact) mass is 281 g/mol. The fourth-order valence-corrected chi connectivity index (χ4v) is 2.04. The van der Waals surface area contributed by atoms with Crippen LogP contribution in [0.25, 0.3) is 0 Å². The molecule has 0 saturated carbocycles. The van der Waals surface area contributed by atoms with Crippen LogP contribution < -0.4 is 5.32 Å². The van der Waals surface area contributed by atoms with E-state index in [0.29, 0.717) is 21.6 Å². The minimum Gasteiger partial charge on any atom is -0.392 e. The van der Waals surface area contributed by atoms with Gasteiger partial charge in [-0.05, 0) is 25.5 Å². The van der Waals surface area contributed by atoms with Crippen LogP contribution in [-0.4, -0.2) is 17.8 Å². The molecule has 1 aromatic carbocycles. The molecule has 90 valence electrons. The highest BCUT2D eigenvalue weighted by Gasteiger charge is 2.14. The van der Waals surface area contributed by atoms with Gasteiger partial charge in [0.25, 0.3) is 0 Å². The predicted molar refractivity (Wildman–Crippen MR) is 69.6 cm³/mol. The van der Waals surface area contributed by atoms with Gasteiger partial charge in [0.2, 0.25) is 0 Å². The van der Waals surface area contributed by atoms with Gasteiger partial charge in [-0.3, -0.25) is 0 Å². The Hall–Kier alpha value is 0.01000. The van der Waals surface area contributed by atoms with Crippen LogP contribution in [0.4, 0.5) is 0 Å². The lowest BCUT2D eigenvalue weighted by Crippen LogP contribution is -2.27. The molecule has 0 aliphatic rings. The Bertz CT molecular complexity index is 368. The van der Waals surface area contributed by atoms with Gasteiger partial charge in [-0.25, -0.2) is 0 Å². The lowest BCUT2D eigenvalue weighted by molar-refractivity contribution is 0.187. The number of halogens is 3. The topological polar surface area (TPSA) is 32.3 Å². The Kier molecular flexibility index (Phi) is 5.35. The van der Waals surface area contributed by atoms with Crippen LogP contribution >= 0.6 is 34.8 Å². The van der Waals surface area contributed by atoms with Gasteiger partial charge in [0.05, 0.1) is 21.2 Å². The molecule has 0 amide bonds. The first kappa shape index (κ1) is 14.1. The van der Waals surface area contributed by atoms with E-state index in [2.05, 4.69) is 5.32 Å². The zero-order valence-corrected chi connectivity index (χ0v) is 11.4. The predicted octanol–water partition coefficient (Wildman–Crippen LogP) is 3.68. The van der Waals surface area contributed by atoms with E-state index in [1.165, 1.54) is 0 Å². The van der Waals surface area contributed by atoms with Gasteiger partial charge in [0.15, 0.2) is 0 Å². The quantitative estimate of drug-likeness (QED) is 0.826. The summed E-state index contributed by atoms with van der Waals surface area (Å²) in [5, 5.41) is 13.6. The first-order valence-corrected chi connectivity index (χ1v) is 6.11. The molecule has 0 fully saturated rings. The van der Waals surface area contributed by atoms with Crippen molar-refractivity contribution < 1.29 is 5.11 Å². The van der Waals surface area contributed by atoms with Crippen molar-refractivity contribution in [3.05, 3.63) is 32.8 Å². The third kappa shape index (κ3) is 3.51. The van der Waals surface area contributed by atoms with Gasteiger partial charge < -0.3 is 10.4 Å². The first-order valence-electron chi connectivity index (χ1n) is 4.98. The van der Waals surface area contributed by atoms with Gasteiger partial charge >= 0.3 is 0 Å². The SMILES string of the molecule is CC(NC[C@H](C)O)c1ccc(Cl)c(Cl)c1Cl. The number of nitrogens with one attached hydrogen (secondary N) is 1. The van der Waals surface area contributed by atoms with E-state index in [9.17, 15) is 5.11 Å². The molecule has 0 bridgehead atoms. The normalized spacial score (nSPS) is 14.9. The molecular formula is C11H14Cl3NO. The van der Waals surface area contributed by atoms with E-state index in [4.69, 9.17) is 34.8 Å². The van der Waals surface area contributed by atoms with E-state index in [1.54, 1.807) is 13.0 Å². The number of aliphatic hydroxyl groups is 1. The van der Waals surface area contributed by atoms with Crippen molar-refractivity contribution >= 4 is 34.8 Å². The summed E-state index contributed by atoms with van der Waals surface area (Å²) in [7, 11) is 0. The third-order valence-electron chi connectivity index (χ3n) is 2.25. The molecule has 2 N–H and O–H groups in total. The van der Waals surface area contributed by atoms with Crippen molar-refractivity contribution in [1.82, 2.24) is 5.32 Å². The van der Waals surface area contributed by atoms with E-state index in [1.807, 2.05) is 13.0 Å². The lowest BCUT2D eigenvalue weighted by atomic mass is 10.1. The van der Waals surface area contributed by atoms with Crippen LogP contribution in [0.3, 0.4) is 0 Å². The summed E-state index contributed by atoms with van der Waals surface area (Å²) in [6, 6.07) is 3.55. The molecule has 0 spiro atoms. The summed E-state index contributed by atoms with van der Waals surface area (Å²) in [4.78, 5) is 0. The summed E-state index contributed by atoms with van der Waals surface area (Å²) in [5.41, 5.74) is 0.872. The van der Waals surface area contributed by atoms with Crippen LogP contribution in [0.5, 0.6) is 0 Å². The van der Waals surface area contributed by atoms with Crippen LogP contribution in [0.15, 0.2) is 12.1 Å². The molecule has 1 aromatic rings. The summed E-state index contributed by atoms with van der Waals surface area (Å²) in [5.74, 6) is 0. The minimum absolute atomic E-state index is 0.0110. The van der Waals surface area contributed by atoms with Crippen molar-refractivity contribution in [2.24, 2.45) is 0 Å². The fraction of sp³-hybridized carbons (Fsp3) is 0.455. The summed E-state index contributed by atoms with van der Waals surface area (Å²) >= 11 is 17.9. The average molecular weight is 283 g/mol. The van der Waals surface area contributed by atoms with Gasteiger partial charge in [-0.2, -0.15) is 0 Å². The fourth-order valence-electron chi connectivity index (χ4n) is 1.33. The first-order chi connectivity index (χ1) is 7.43. The molecule has 1 unspecified atom stereocenters. The van der Waals surface area contributed by atoms with Crippen LogP contribution in [0.1, 0.15) is 25.5 Å². The van der Waals surface area contributed by atoms with Crippen molar-refractivity contribution in [1.29, 1.82) is 0 Å². The molecule has 0 radical (unpaired) electrons. The Balaban J connectivity index is 2.84. The largest absolute Gasteiger partial charge is 0.392 e. The zero-order valence-electron chi connectivity index (χ0n) is 9.10. The molecule has 0 aliphatic heterocycles. The Morgan fingerprint density at radius 2 is 1.81 bits per heavy atom. The maximum absolute atomic E-state index is 9.17. The number of hydrogen-bond acceptors (Lipinski definition) is 2. The Labute approximate surface area is 111 Å². The molecule has 2 atom stereocenters. The molecule has 2 nitrogen and oxygen atoms in total. The van der Waals surface area contributed by atoms with Crippen LogP contribution in [-0.2, 0) is 0 Å². The van der Waals surface area contributed by atoms with Gasteiger partial charge in [-0.15, -0.1) is 0 Å². The number of aliphatic hydroxyl groups excluding tert-OH is 1. The number of hydrogen-bond donors (Lipinski definition) is 2. The second-order valence-corrected chi connectivity index (χ2v) is 4.91. The average Bonchev–Trinajstić information content (AvgIpc) is 2.23. The highest BCUT2D eigenvalue weighted by atomic mass is 35.5. The summed E-state index contributed by atoms with van der Waals surface area (Å²) in [6.45, 7) is 4.17. The minimum atomic E-state index is -0.399. The van der Waals surface area contributed by atoms with Crippen molar-refractivity contribution in [3.8, 4) is 0 Å². The molecule has 5 heteroatoms. The molecule has 0 aromatic heterocycles. The van der Waals surface area contributed by atoms with Crippen molar-refractivity contribution in [3.63, 3.8) is 0 Å². The van der Waals surface area contributed by atoms with E-state index in [-0.39, 0.29) is 6.04 Å². The maximum atomic E-state index is 9.17. The highest BCUT2D eigenvalue weighted by Crippen LogP contribution is 2.35. The molecular weight excluding hydrogens is 268 g/mol. The third-order valence-corrected chi connectivity index (χ3v) is 3.56. The van der Waals surface area contributed by atoms with Crippen LogP contribution in [0.2, 0.25) is 15.1 Å². The second kappa shape index (κ2) is 6.08. The van der Waals surface area contributed by atoms with Gasteiger partial charge in [0, 0.05) is 12.6 Å². The standard InChI is InChI=1S/C11H14Cl3NO/c1-6(16)5-15-7(2)8-3-4-9(12)11(14)10(8)13/h3-4,6-7,15-16H,5H2,1-2H3/t6-,7?/m0/s1. The van der Waals surface area contributed by atoms with Gasteiger partial charge in [-0.1, -0.05) is 40.9 Å². The molecule has 0 aliphatic carbocycles. The highest BCUT2D eigenvalue weighted by molar-refractivity contribution is 6.48. The van der Waals surface area contributed by atoms with Gasteiger partial charge in [0.1, 0.15) is 0 Å². The Morgan fingerprint density at radius 1 is 1.19 bits per heavy atom. The number of benzene rings is 1.